The van der Waals surface area contributed by atoms with Gasteiger partial charge in [-0.1, -0.05) is 133 Å². The van der Waals surface area contributed by atoms with Gasteiger partial charge in [0.15, 0.2) is 5.58 Å². The number of para-hydroxylation sites is 1. The molecule has 246 valence electrons. The Labute approximate surface area is 304 Å². The van der Waals surface area contributed by atoms with Gasteiger partial charge in [-0.15, -0.1) is 11.3 Å². The number of rotatable bonds is 5. The molecule has 7 aromatic carbocycles. The van der Waals surface area contributed by atoms with Gasteiger partial charge in [-0.25, -0.2) is 0 Å². The van der Waals surface area contributed by atoms with Crippen molar-refractivity contribution in [3.8, 4) is 28.0 Å². The van der Waals surface area contributed by atoms with E-state index in [1.54, 1.807) is 0 Å². The van der Waals surface area contributed by atoms with Crippen LogP contribution in [0, 0.1) is 0 Å². The molecule has 11 rings (SSSR count). The summed E-state index contributed by atoms with van der Waals surface area (Å²) in [6.45, 7) is 0. The minimum Gasteiger partial charge on any atom is -0.485 e. The summed E-state index contributed by atoms with van der Waals surface area (Å²) in [7, 11) is 0. The molecule has 1 aliphatic carbocycles. The fourth-order valence-electron chi connectivity index (χ4n) is 8.26. The van der Waals surface area contributed by atoms with E-state index in [0.717, 1.165) is 55.9 Å². The lowest BCUT2D eigenvalue weighted by molar-refractivity contribution is 0.269. The van der Waals surface area contributed by atoms with Crippen LogP contribution in [-0.2, 0) is 0 Å². The number of nitrogens with zero attached hydrogens (tertiary/aromatic N) is 1. The molecule has 2 unspecified atom stereocenters. The second-order valence-electron chi connectivity index (χ2n) is 13.5. The van der Waals surface area contributed by atoms with Gasteiger partial charge in [0, 0.05) is 49.0 Å². The number of benzene rings is 7. The number of hydrogen-bond donors (Lipinski definition) is 0. The maximum atomic E-state index is 7.23. The zero-order chi connectivity index (χ0) is 34.2. The average molecular weight is 686 g/mol. The predicted molar refractivity (Wildman–Crippen MR) is 218 cm³/mol. The fourth-order valence-corrected chi connectivity index (χ4v) is 9.47. The second-order valence-corrected chi connectivity index (χ2v) is 14.6. The highest BCUT2D eigenvalue weighted by atomic mass is 32.1. The number of fused-ring (bicyclic) bond motifs is 9. The van der Waals surface area contributed by atoms with Crippen LogP contribution >= 0.6 is 11.3 Å². The summed E-state index contributed by atoms with van der Waals surface area (Å²) >= 11 is 1.84. The SMILES string of the molecule is C1=CC2Oc3cc4c(oc5c(N(c6ccc(-c7ccccc7)cc6)c6cccc7c6sc6ccccc67)cccc54)c(-c4ccccc4)c3C2C=C1. The minimum absolute atomic E-state index is 0.0214. The summed E-state index contributed by atoms with van der Waals surface area (Å²) in [6, 6.07) is 54.2. The largest absolute Gasteiger partial charge is 0.485 e. The van der Waals surface area contributed by atoms with Crippen LogP contribution in [0.2, 0.25) is 0 Å². The molecular formula is C48H31NO2S. The first-order chi connectivity index (χ1) is 25.8. The van der Waals surface area contributed by atoms with E-state index >= 15 is 0 Å². The molecule has 2 aromatic heterocycles. The molecular weight excluding hydrogens is 655 g/mol. The molecule has 9 aromatic rings. The molecule has 3 nitrogen and oxygen atoms in total. The Morgan fingerprint density at radius 3 is 2.02 bits per heavy atom. The molecule has 0 bridgehead atoms. The molecule has 2 atom stereocenters. The topological polar surface area (TPSA) is 25.6 Å². The maximum Gasteiger partial charge on any atom is 0.159 e. The number of thiophene rings is 1. The third-order valence-electron chi connectivity index (χ3n) is 10.6. The summed E-state index contributed by atoms with van der Waals surface area (Å²) in [5.41, 5.74) is 10.7. The van der Waals surface area contributed by atoms with E-state index < -0.39 is 0 Å². The summed E-state index contributed by atoms with van der Waals surface area (Å²) < 4.78 is 16.4. The number of ether oxygens (including phenoxy) is 1. The zero-order valence-electron chi connectivity index (χ0n) is 28.1. The second kappa shape index (κ2) is 11.6. The maximum absolute atomic E-state index is 7.23. The highest BCUT2D eigenvalue weighted by Gasteiger charge is 2.37. The van der Waals surface area contributed by atoms with Crippen LogP contribution < -0.4 is 9.64 Å². The Balaban J connectivity index is 1.19. The monoisotopic (exact) mass is 685 g/mol. The van der Waals surface area contributed by atoms with Crippen molar-refractivity contribution in [1.29, 1.82) is 0 Å². The molecule has 4 heteroatoms. The van der Waals surface area contributed by atoms with Crippen LogP contribution in [-0.4, -0.2) is 6.10 Å². The minimum atomic E-state index is -0.0214. The third kappa shape index (κ3) is 4.44. The lowest BCUT2D eigenvalue weighted by Gasteiger charge is -2.26. The van der Waals surface area contributed by atoms with Gasteiger partial charge in [0.1, 0.15) is 17.4 Å². The highest BCUT2D eigenvalue weighted by Crippen LogP contribution is 2.53. The smallest absolute Gasteiger partial charge is 0.159 e. The van der Waals surface area contributed by atoms with E-state index in [9.17, 15) is 0 Å². The lowest BCUT2D eigenvalue weighted by atomic mass is 9.85. The summed E-state index contributed by atoms with van der Waals surface area (Å²) in [5, 5.41) is 4.65. The van der Waals surface area contributed by atoms with Crippen molar-refractivity contribution in [2.75, 3.05) is 4.90 Å². The Hall–Kier alpha value is -6.36. The van der Waals surface area contributed by atoms with Gasteiger partial charge in [0.05, 0.1) is 16.1 Å². The Bertz CT molecular complexity index is 2880. The molecule has 2 aliphatic rings. The van der Waals surface area contributed by atoms with Gasteiger partial charge < -0.3 is 14.1 Å². The van der Waals surface area contributed by atoms with Crippen LogP contribution in [0.4, 0.5) is 17.1 Å². The third-order valence-corrected chi connectivity index (χ3v) is 11.8. The zero-order valence-corrected chi connectivity index (χ0v) is 28.9. The average Bonchev–Trinajstić information content (AvgIpc) is 3.90. The van der Waals surface area contributed by atoms with E-state index in [0.29, 0.717) is 0 Å². The molecule has 3 heterocycles. The van der Waals surface area contributed by atoms with Crippen molar-refractivity contribution in [2.24, 2.45) is 0 Å². The molecule has 0 saturated heterocycles. The molecule has 0 saturated carbocycles. The quantitative estimate of drug-likeness (QED) is 0.180. The number of anilines is 3. The van der Waals surface area contributed by atoms with Crippen LogP contribution in [0.25, 0.3) is 64.4 Å². The Kier molecular flexibility index (Phi) is 6.55. The number of furan rings is 1. The Morgan fingerprint density at radius 2 is 1.19 bits per heavy atom. The molecule has 0 N–H and O–H groups in total. The van der Waals surface area contributed by atoms with Crippen molar-refractivity contribution in [3.05, 3.63) is 182 Å². The molecule has 0 fully saturated rings. The fraction of sp³-hybridized carbons (Fsp3) is 0.0417. The predicted octanol–water partition coefficient (Wildman–Crippen LogP) is 13.7. The van der Waals surface area contributed by atoms with Gasteiger partial charge in [-0.3, -0.25) is 0 Å². The van der Waals surface area contributed by atoms with Crippen LogP contribution in [0.15, 0.2) is 180 Å². The van der Waals surface area contributed by atoms with Crippen molar-refractivity contribution < 1.29 is 9.15 Å². The van der Waals surface area contributed by atoms with Crippen molar-refractivity contribution in [2.45, 2.75) is 12.0 Å². The van der Waals surface area contributed by atoms with Crippen molar-refractivity contribution in [3.63, 3.8) is 0 Å². The summed E-state index contributed by atoms with van der Waals surface area (Å²) in [4.78, 5) is 2.38. The standard InChI is InChI=1S/C48H31NO2S/c1-3-13-30(14-4-1)31-25-27-33(28-26-31)49(40-22-12-20-36-34-17-8-10-24-43(34)52-48(36)40)39-21-11-19-35-38-29-42-45(37-18-7-9-23-41(37)50-42)44(47(38)51-46(35)39)32-15-5-2-6-16-32/h1-29,37,41H. The molecule has 0 spiro atoms. The van der Waals surface area contributed by atoms with E-state index in [2.05, 4.69) is 181 Å². The van der Waals surface area contributed by atoms with E-state index in [-0.39, 0.29) is 12.0 Å². The van der Waals surface area contributed by atoms with Crippen LogP contribution in [0.3, 0.4) is 0 Å². The Morgan fingerprint density at radius 1 is 0.519 bits per heavy atom. The van der Waals surface area contributed by atoms with Gasteiger partial charge in [0.25, 0.3) is 0 Å². The first-order valence-corrected chi connectivity index (χ1v) is 18.6. The molecule has 52 heavy (non-hydrogen) atoms. The molecule has 1 aliphatic heterocycles. The number of hydrogen-bond acceptors (Lipinski definition) is 4. The van der Waals surface area contributed by atoms with E-state index in [4.69, 9.17) is 9.15 Å². The lowest BCUT2D eigenvalue weighted by Crippen LogP contribution is -2.15. The summed E-state index contributed by atoms with van der Waals surface area (Å²) in [5.74, 6) is 1.05. The van der Waals surface area contributed by atoms with Crippen LogP contribution in [0.5, 0.6) is 5.75 Å². The first-order valence-electron chi connectivity index (χ1n) is 17.8. The van der Waals surface area contributed by atoms with Gasteiger partial charge in [-0.05, 0) is 59.2 Å². The highest BCUT2D eigenvalue weighted by molar-refractivity contribution is 7.26. The normalized spacial score (nSPS) is 16.1. The van der Waals surface area contributed by atoms with Crippen molar-refractivity contribution in [1.82, 2.24) is 0 Å². The molecule has 0 amide bonds. The van der Waals surface area contributed by atoms with E-state index in [1.807, 2.05) is 11.3 Å². The van der Waals surface area contributed by atoms with Crippen LogP contribution in [0.1, 0.15) is 11.5 Å². The molecule has 0 radical (unpaired) electrons. The number of allylic oxidation sites excluding steroid dienone is 2. The van der Waals surface area contributed by atoms with E-state index in [1.165, 1.54) is 36.9 Å². The summed E-state index contributed by atoms with van der Waals surface area (Å²) in [6.07, 6.45) is 8.61. The van der Waals surface area contributed by atoms with Gasteiger partial charge >= 0.3 is 0 Å². The van der Waals surface area contributed by atoms with Gasteiger partial charge in [0.2, 0.25) is 0 Å². The first kappa shape index (κ1) is 29.4. The van der Waals surface area contributed by atoms with Gasteiger partial charge in [-0.2, -0.15) is 0 Å². The van der Waals surface area contributed by atoms with Crippen molar-refractivity contribution >= 4 is 70.5 Å².